The first-order chi connectivity index (χ1) is 11.3. The van der Waals surface area contributed by atoms with Gasteiger partial charge in [0, 0.05) is 24.5 Å². The number of aryl methyl sites for hydroxylation is 1. The maximum atomic E-state index is 12.2. The first-order valence-corrected chi connectivity index (χ1v) is 10.2. The van der Waals surface area contributed by atoms with Gasteiger partial charge < -0.3 is 9.64 Å². The number of amides is 1. The number of carbonyl (C=O) groups is 1. The predicted octanol–water partition coefficient (Wildman–Crippen LogP) is 2.03. The van der Waals surface area contributed by atoms with E-state index in [2.05, 4.69) is 33.9 Å². The number of nitrogens with zero attached hydrogens (tertiary/aromatic N) is 1. The number of likely N-dealkylation sites (tertiary alicyclic amines) is 1. The molecule has 0 aromatic heterocycles. The van der Waals surface area contributed by atoms with E-state index in [-0.39, 0.29) is 18.6 Å². The molecule has 1 aliphatic rings. The summed E-state index contributed by atoms with van der Waals surface area (Å²) in [6.07, 6.45) is 1.17. The van der Waals surface area contributed by atoms with Crippen LogP contribution in [0.5, 0.6) is 5.75 Å². The van der Waals surface area contributed by atoms with Crippen LogP contribution in [-0.2, 0) is 14.8 Å². The van der Waals surface area contributed by atoms with Gasteiger partial charge in [0.05, 0.1) is 3.57 Å². The predicted molar refractivity (Wildman–Crippen MR) is 101 cm³/mol. The van der Waals surface area contributed by atoms with Crippen molar-refractivity contribution < 1.29 is 17.9 Å². The number of halogens is 1. The van der Waals surface area contributed by atoms with E-state index in [1.54, 1.807) is 4.90 Å². The third-order valence-electron chi connectivity index (χ3n) is 3.84. The quantitative estimate of drug-likeness (QED) is 0.654. The molecule has 0 bridgehead atoms. The summed E-state index contributed by atoms with van der Waals surface area (Å²) >= 11 is 2.18. The zero-order valence-corrected chi connectivity index (χ0v) is 16.5. The second-order valence-corrected chi connectivity index (χ2v) is 8.53. The molecule has 1 amide bonds. The molecule has 6 nitrogen and oxygen atoms in total. The van der Waals surface area contributed by atoms with Gasteiger partial charge in [0.2, 0.25) is 10.0 Å². The van der Waals surface area contributed by atoms with Gasteiger partial charge in [-0.1, -0.05) is 12.6 Å². The van der Waals surface area contributed by atoms with Gasteiger partial charge in [0.15, 0.2) is 6.61 Å². The number of rotatable bonds is 6. The Morgan fingerprint density at radius 2 is 2.12 bits per heavy atom. The standard InChI is InChI=1S/C16H21IN2O4S/c1-3-24(21,22)18-13-6-8-19(9-7-13)16(20)11-23-15-5-4-12(2)10-14(15)17/h3-5,10,13,18H,1,6-9,11H2,2H3. The largest absolute Gasteiger partial charge is 0.483 e. The van der Waals surface area contributed by atoms with E-state index in [4.69, 9.17) is 4.74 Å². The zero-order chi connectivity index (χ0) is 17.7. The molecule has 0 atom stereocenters. The number of nitrogens with one attached hydrogen (secondary N) is 1. The monoisotopic (exact) mass is 464 g/mol. The van der Waals surface area contributed by atoms with Crippen LogP contribution in [0.1, 0.15) is 18.4 Å². The Hall–Kier alpha value is -1.13. The van der Waals surface area contributed by atoms with Crippen molar-refractivity contribution in [2.45, 2.75) is 25.8 Å². The summed E-state index contributed by atoms with van der Waals surface area (Å²) in [4.78, 5) is 13.9. The molecule has 0 aliphatic carbocycles. The number of carbonyl (C=O) groups excluding carboxylic acids is 1. The summed E-state index contributed by atoms with van der Waals surface area (Å²) in [7, 11) is -3.43. The zero-order valence-electron chi connectivity index (χ0n) is 13.5. The molecule has 1 aromatic rings. The number of ether oxygens (including phenoxy) is 1. The molecular weight excluding hydrogens is 443 g/mol. The van der Waals surface area contributed by atoms with E-state index in [0.29, 0.717) is 31.7 Å². The Labute approximate surface area is 156 Å². The van der Waals surface area contributed by atoms with Gasteiger partial charge in [-0.15, -0.1) is 0 Å². The fourth-order valence-electron chi connectivity index (χ4n) is 2.48. The molecule has 1 heterocycles. The lowest BCUT2D eigenvalue weighted by molar-refractivity contribution is -0.134. The highest BCUT2D eigenvalue weighted by molar-refractivity contribution is 14.1. The molecule has 2 rings (SSSR count). The number of hydrogen-bond acceptors (Lipinski definition) is 4. The number of hydrogen-bond donors (Lipinski definition) is 1. The van der Waals surface area contributed by atoms with Crippen LogP contribution in [0, 0.1) is 10.5 Å². The molecule has 1 aliphatic heterocycles. The lowest BCUT2D eigenvalue weighted by atomic mass is 10.1. The summed E-state index contributed by atoms with van der Waals surface area (Å²) in [6, 6.07) is 5.65. The van der Waals surface area contributed by atoms with Crippen molar-refractivity contribution in [3.8, 4) is 5.75 Å². The first-order valence-electron chi connectivity index (χ1n) is 7.62. The van der Waals surface area contributed by atoms with E-state index in [9.17, 15) is 13.2 Å². The van der Waals surface area contributed by atoms with Crippen molar-refractivity contribution in [3.63, 3.8) is 0 Å². The first kappa shape index (κ1) is 19.2. The van der Waals surface area contributed by atoms with Gasteiger partial charge in [0.1, 0.15) is 5.75 Å². The lowest BCUT2D eigenvalue weighted by Gasteiger charge is -2.32. The summed E-state index contributed by atoms with van der Waals surface area (Å²) in [5, 5.41) is 0.904. The van der Waals surface area contributed by atoms with Crippen LogP contribution in [-0.4, -0.2) is 45.0 Å². The highest BCUT2D eigenvalue weighted by Crippen LogP contribution is 2.22. The van der Waals surface area contributed by atoms with Crippen molar-refractivity contribution in [1.82, 2.24) is 9.62 Å². The number of sulfonamides is 1. The van der Waals surface area contributed by atoms with E-state index in [0.717, 1.165) is 14.5 Å². The van der Waals surface area contributed by atoms with Crippen LogP contribution in [0.25, 0.3) is 0 Å². The van der Waals surface area contributed by atoms with E-state index < -0.39 is 10.0 Å². The minimum atomic E-state index is -3.43. The van der Waals surface area contributed by atoms with Crippen LogP contribution < -0.4 is 9.46 Å². The van der Waals surface area contributed by atoms with Gasteiger partial charge in [-0.05, 0) is 60.1 Å². The van der Waals surface area contributed by atoms with Gasteiger partial charge in [-0.2, -0.15) is 0 Å². The minimum Gasteiger partial charge on any atom is -0.483 e. The fourth-order valence-corrected chi connectivity index (χ4v) is 4.10. The Morgan fingerprint density at radius 1 is 1.46 bits per heavy atom. The molecule has 0 radical (unpaired) electrons. The SMILES string of the molecule is C=CS(=O)(=O)NC1CCN(C(=O)COc2ccc(C)cc2I)CC1. The van der Waals surface area contributed by atoms with Crippen molar-refractivity contribution in [1.29, 1.82) is 0 Å². The maximum Gasteiger partial charge on any atom is 0.260 e. The molecule has 0 saturated carbocycles. The molecule has 1 saturated heterocycles. The minimum absolute atomic E-state index is 0.0118. The van der Waals surface area contributed by atoms with Crippen LogP contribution in [0.3, 0.4) is 0 Å². The van der Waals surface area contributed by atoms with E-state index >= 15 is 0 Å². The Morgan fingerprint density at radius 3 is 2.71 bits per heavy atom. The molecule has 0 unspecified atom stereocenters. The summed E-state index contributed by atoms with van der Waals surface area (Å²) < 4.78 is 32.1. The van der Waals surface area contributed by atoms with Crippen LogP contribution in [0.4, 0.5) is 0 Å². The van der Waals surface area contributed by atoms with Gasteiger partial charge in [0.25, 0.3) is 5.91 Å². The third-order valence-corrected chi connectivity index (χ3v) is 5.78. The molecule has 24 heavy (non-hydrogen) atoms. The average Bonchev–Trinajstić information content (AvgIpc) is 2.54. The Balaban J connectivity index is 1.81. The summed E-state index contributed by atoms with van der Waals surface area (Å²) in [5.74, 6) is 0.611. The topological polar surface area (TPSA) is 75.7 Å². The number of piperidine rings is 1. The summed E-state index contributed by atoms with van der Waals surface area (Å²) in [5.41, 5.74) is 1.14. The second kappa shape index (κ2) is 8.30. The van der Waals surface area contributed by atoms with Crippen LogP contribution in [0.2, 0.25) is 0 Å². The van der Waals surface area contributed by atoms with Crippen molar-refractivity contribution in [2.75, 3.05) is 19.7 Å². The Kier molecular flexibility index (Phi) is 6.64. The van der Waals surface area contributed by atoms with Gasteiger partial charge >= 0.3 is 0 Å². The highest BCUT2D eigenvalue weighted by Gasteiger charge is 2.25. The smallest absolute Gasteiger partial charge is 0.260 e. The van der Waals surface area contributed by atoms with Crippen molar-refractivity contribution >= 4 is 38.5 Å². The Bertz CT molecular complexity index is 713. The number of benzene rings is 1. The van der Waals surface area contributed by atoms with Gasteiger partial charge in [-0.3, -0.25) is 4.79 Å². The maximum absolute atomic E-state index is 12.2. The average molecular weight is 464 g/mol. The normalized spacial score (nSPS) is 16.0. The molecule has 8 heteroatoms. The third kappa shape index (κ3) is 5.45. The van der Waals surface area contributed by atoms with Crippen LogP contribution >= 0.6 is 22.6 Å². The molecular formula is C16H21IN2O4S. The van der Waals surface area contributed by atoms with Crippen molar-refractivity contribution in [3.05, 3.63) is 39.3 Å². The molecule has 1 N–H and O–H groups in total. The molecule has 132 valence electrons. The molecule has 1 aromatic carbocycles. The summed E-state index contributed by atoms with van der Waals surface area (Å²) in [6.45, 7) is 6.29. The molecule has 0 spiro atoms. The lowest BCUT2D eigenvalue weighted by Crippen LogP contribution is -2.47. The highest BCUT2D eigenvalue weighted by atomic mass is 127. The van der Waals surface area contributed by atoms with E-state index in [1.807, 2.05) is 25.1 Å². The van der Waals surface area contributed by atoms with E-state index in [1.165, 1.54) is 0 Å². The van der Waals surface area contributed by atoms with Crippen LogP contribution in [0.15, 0.2) is 30.2 Å². The molecule has 1 fully saturated rings. The van der Waals surface area contributed by atoms with Crippen molar-refractivity contribution in [2.24, 2.45) is 0 Å². The fraction of sp³-hybridized carbons (Fsp3) is 0.438. The second-order valence-electron chi connectivity index (χ2n) is 5.71. The van der Waals surface area contributed by atoms with Gasteiger partial charge in [-0.25, -0.2) is 13.1 Å².